The second kappa shape index (κ2) is 6.61. The van der Waals surface area contributed by atoms with Crippen molar-refractivity contribution in [3.05, 3.63) is 34.4 Å². The van der Waals surface area contributed by atoms with Crippen molar-refractivity contribution in [2.75, 3.05) is 23.9 Å². The number of hydrogen-bond donors (Lipinski definition) is 5. The summed E-state index contributed by atoms with van der Waals surface area (Å²) in [6.45, 7) is 1.78. The summed E-state index contributed by atoms with van der Waals surface area (Å²) in [6, 6.07) is 4.29. The van der Waals surface area contributed by atoms with Crippen LogP contribution in [0.2, 0.25) is 0 Å². The lowest BCUT2D eigenvalue weighted by Crippen LogP contribution is -2.33. The summed E-state index contributed by atoms with van der Waals surface area (Å²) in [5, 5.41) is 34.1. The number of nitriles is 2. The van der Waals surface area contributed by atoms with Crippen molar-refractivity contribution in [3.63, 3.8) is 0 Å². The number of nitrogens with one attached hydrogen (secondary N) is 2. The maximum atomic E-state index is 10.6. The molecule has 1 aromatic carbocycles. The molecule has 1 aliphatic rings. The minimum Gasteiger partial charge on any atom is -0.507 e. The molecule has 0 spiro atoms. The van der Waals surface area contributed by atoms with Crippen molar-refractivity contribution in [2.45, 2.75) is 13.0 Å². The van der Waals surface area contributed by atoms with Gasteiger partial charge in [0.05, 0.1) is 12.8 Å². The molecule has 2 aromatic rings. The second-order valence-electron chi connectivity index (χ2n) is 5.78. The summed E-state index contributed by atoms with van der Waals surface area (Å²) in [6.07, 6.45) is 1.77. The Morgan fingerprint density at radius 2 is 2.04 bits per heavy atom. The topological polar surface area (TPSA) is 178 Å². The summed E-state index contributed by atoms with van der Waals surface area (Å²) >= 11 is 0. The lowest BCUT2D eigenvalue weighted by Gasteiger charge is -2.27. The summed E-state index contributed by atoms with van der Waals surface area (Å²) in [5.41, 5.74) is 13.6. The molecule has 7 N–H and O–H groups in total. The molecule has 1 aliphatic heterocycles. The third-order valence-electron chi connectivity index (χ3n) is 4.21. The van der Waals surface area contributed by atoms with E-state index in [0.29, 0.717) is 22.4 Å². The Balaban J connectivity index is 2.31. The van der Waals surface area contributed by atoms with Gasteiger partial charge in [0.1, 0.15) is 40.8 Å². The molecule has 0 saturated heterocycles. The Morgan fingerprint density at radius 1 is 1.30 bits per heavy atom. The quantitative estimate of drug-likeness (QED) is 0.385. The fraction of sp³-hybridized carbons (Fsp3) is 0.176. The normalized spacial score (nSPS) is 14.8. The molecule has 0 aliphatic carbocycles. The number of fused-ring (bicyclic) bond motifs is 1. The maximum Gasteiger partial charge on any atom is 0.211 e. The van der Waals surface area contributed by atoms with E-state index in [4.69, 9.17) is 21.5 Å². The summed E-state index contributed by atoms with van der Waals surface area (Å²) in [7, 11) is 1.49. The van der Waals surface area contributed by atoms with Gasteiger partial charge < -0.3 is 26.6 Å². The van der Waals surface area contributed by atoms with E-state index in [1.807, 2.05) is 6.07 Å². The van der Waals surface area contributed by atoms with E-state index in [1.165, 1.54) is 13.2 Å². The van der Waals surface area contributed by atoms with Crippen LogP contribution in [-0.2, 0) is 0 Å². The van der Waals surface area contributed by atoms with Gasteiger partial charge in [-0.15, -0.1) is 0 Å². The number of rotatable bonds is 2. The molecule has 0 fully saturated rings. The van der Waals surface area contributed by atoms with Crippen LogP contribution in [0.15, 0.2) is 17.1 Å². The number of nitrogens with two attached hydrogens (primary N) is 2. The van der Waals surface area contributed by atoms with Gasteiger partial charge in [-0.1, -0.05) is 0 Å². The van der Waals surface area contributed by atoms with Crippen molar-refractivity contribution in [2.24, 2.45) is 4.99 Å². The number of guanidine groups is 1. The predicted octanol–water partition coefficient (Wildman–Crippen LogP) is 1.08. The number of methoxy groups -OCH3 is 1. The Hall–Kier alpha value is -4.18. The Labute approximate surface area is 154 Å². The first-order valence-corrected chi connectivity index (χ1v) is 7.77. The third-order valence-corrected chi connectivity index (χ3v) is 4.21. The third kappa shape index (κ3) is 2.85. The van der Waals surface area contributed by atoms with E-state index in [9.17, 15) is 10.4 Å². The zero-order valence-corrected chi connectivity index (χ0v) is 14.5. The molecule has 0 bridgehead atoms. The zero-order valence-electron chi connectivity index (χ0n) is 14.5. The van der Waals surface area contributed by atoms with Crippen molar-refractivity contribution in [3.8, 4) is 23.8 Å². The number of aliphatic imine (C=N–C) groups is 1. The van der Waals surface area contributed by atoms with E-state index in [0.717, 1.165) is 0 Å². The van der Waals surface area contributed by atoms with Crippen LogP contribution >= 0.6 is 0 Å². The number of phenolic OH excluding ortho intramolecular Hbond substituents is 1. The SMILES string of the molecule is COc1cc(C)c(C2N=C(NC#N)Nc3nc(N)c(C#N)c(N)c32)c(O)c1. The summed E-state index contributed by atoms with van der Waals surface area (Å²) in [5.74, 6) is 0.716. The number of pyridine rings is 1. The molecule has 10 nitrogen and oxygen atoms in total. The number of anilines is 3. The monoisotopic (exact) mass is 364 g/mol. The number of aromatic hydroxyl groups is 1. The van der Waals surface area contributed by atoms with Gasteiger partial charge in [-0.2, -0.15) is 10.5 Å². The number of nitrogens with zero attached hydrogens (tertiary/aromatic N) is 4. The van der Waals surface area contributed by atoms with Crippen LogP contribution in [-0.4, -0.2) is 23.2 Å². The number of aryl methyl sites for hydroxylation is 1. The smallest absolute Gasteiger partial charge is 0.211 e. The highest BCUT2D eigenvalue weighted by atomic mass is 16.5. The van der Waals surface area contributed by atoms with E-state index in [-0.39, 0.29) is 34.6 Å². The fourth-order valence-electron chi connectivity index (χ4n) is 3.01. The number of benzene rings is 1. The molecule has 3 rings (SSSR count). The van der Waals surface area contributed by atoms with Crippen LogP contribution in [0.3, 0.4) is 0 Å². The molecule has 1 unspecified atom stereocenters. The van der Waals surface area contributed by atoms with Gasteiger partial charge >= 0.3 is 0 Å². The van der Waals surface area contributed by atoms with Gasteiger partial charge in [0.15, 0.2) is 6.19 Å². The fourth-order valence-corrected chi connectivity index (χ4v) is 3.01. The molecule has 136 valence electrons. The lowest BCUT2D eigenvalue weighted by molar-refractivity contribution is 0.405. The van der Waals surface area contributed by atoms with Crippen molar-refractivity contribution in [1.82, 2.24) is 10.3 Å². The number of hydrogen-bond acceptors (Lipinski definition) is 10. The molecule has 1 aromatic heterocycles. The van der Waals surface area contributed by atoms with Crippen LogP contribution in [0.1, 0.15) is 28.3 Å². The molecule has 10 heteroatoms. The zero-order chi connectivity index (χ0) is 19.7. The lowest BCUT2D eigenvalue weighted by atomic mass is 9.91. The van der Waals surface area contributed by atoms with Crippen molar-refractivity contribution >= 4 is 23.3 Å². The molecular weight excluding hydrogens is 348 g/mol. The summed E-state index contributed by atoms with van der Waals surface area (Å²) in [4.78, 5) is 8.60. The molecule has 1 atom stereocenters. The number of phenols is 1. The van der Waals surface area contributed by atoms with Gasteiger partial charge in [0.25, 0.3) is 0 Å². The van der Waals surface area contributed by atoms with Crippen LogP contribution < -0.4 is 26.8 Å². The van der Waals surface area contributed by atoms with Crippen LogP contribution in [0.5, 0.6) is 11.5 Å². The second-order valence-corrected chi connectivity index (χ2v) is 5.78. The standard InChI is InChI=1S/C17H16N8O2/c1-7-3-8(27-2)4-10(26)11(7)14-12-13(20)9(5-18)15(21)24-16(12)25-17(23-14)22-6-19/h3-4,14,26H,1-2H3,(H6,20,21,22,23,24,25). The van der Waals surface area contributed by atoms with Crippen LogP contribution in [0.25, 0.3) is 0 Å². The molecular formula is C17H16N8O2. The van der Waals surface area contributed by atoms with Gasteiger partial charge in [-0.05, 0) is 18.6 Å². The molecule has 0 radical (unpaired) electrons. The van der Waals surface area contributed by atoms with Gasteiger partial charge in [0.2, 0.25) is 5.96 Å². The van der Waals surface area contributed by atoms with Crippen LogP contribution in [0, 0.1) is 29.7 Å². The Morgan fingerprint density at radius 3 is 2.63 bits per heavy atom. The highest BCUT2D eigenvalue weighted by Crippen LogP contribution is 2.44. The van der Waals surface area contributed by atoms with E-state index in [2.05, 4.69) is 20.6 Å². The summed E-state index contributed by atoms with van der Waals surface area (Å²) < 4.78 is 5.16. The van der Waals surface area contributed by atoms with Gasteiger partial charge in [-0.3, -0.25) is 5.32 Å². The number of aromatic nitrogens is 1. The predicted molar refractivity (Wildman–Crippen MR) is 98.8 cm³/mol. The van der Waals surface area contributed by atoms with E-state index < -0.39 is 6.04 Å². The number of nitrogen functional groups attached to an aromatic ring is 2. The molecule has 0 amide bonds. The average molecular weight is 364 g/mol. The van der Waals surface area contributed by atoms with Crippen LogP contribution in [0.4, 0.5) is 17.3 Å². The average Bonchev–Trinajstić information content (AvgIpc) is 2.61. The Kier molecular flexibility index (Phi) is 4.32. The minimum atomic E-state index is -0.816. The first-order chi connectivity index (χ1) is 12.9. The first-order valence-electron chi connectivity index (χ1n) is 7.77. The largest absolute Gasteiger partial charge is 0.507 e. The van der Waals surface area contributed by atoms with E-state index in [1.54, 1.807) is 19.2 Å². The van der Waals surface area contributed by atoms with Gasteiger partial charge in [-0.25, -0.2) is 9.98 Å². The molecule has 0 saturated carbocycles. The first kappa shape index (κ1) is 17.6. The highest BCUT2D eigenvalue weighted by molar-refractivity contribution is 5.98. The number of ether oxygens (including phenoxy) is 1. The molecule has 2 heterocycles. The van der Waals surface area contributed by atoms with Crippen molar-refractivity contribution in [1.29, 1.82) is 10.5 Å². The highest BCUT2D eigenvalue weighted by Gasteiger charge is 2.32. The Bertz CT molecular complexity index is 1030. The maximum absolute atomic E-state index is 10.6. The van der Waals surface area contributed by atoms with Gasteiger partial charge in [0, 0.05) is 17.2 Å². The molecule has 27 heavy (non-hydrogen) atoms. The van der Waals surface area contributed by atoms with E-state index >= 15 is 0 Å². The van der Waals surface area contributed by atoms with Crippen molar-refractivity contribution < 1.29 is 9.84 Å². The minimum absolute atomic E-state index is 0.0260.